The number of hydrogen-bond donors (Lipinski definition) is 7. The number of rotatable bonds is 3. The lowest BCUT2D eigenvalue weighted by Gasteiger charge is -2.32. The topological polar surface area (TPSA) is 285 Å². The van der Waals surface area contributed by atoms with Gasteiger partial charge in [-0.15, -0.1) is 0 Å². The summed E-state index contributed by atoms with van der Waals surface area (Å²) in [6.07, 6.45) is -3.74. The normalized spacial score (nSPS) is 33.4. The van der Waals surface area contributed by atoms with E-state index in [4.69, 9.17) is 25.3 Å². The monoisotopic (exact) mass is 608 g/mol. The van der Waals surface area contributed by atoms with Crippen molar-refractivity contribution in [1.29, 1.82) is 0 Å². The van der Waals surface area contributed by atoms with Gasteiger partial charge in [0.1, 0.15) is 24.1 Å². The number of fused-ring (bicyclic) bond motifs is 3. The van der Waals surface area contributed by atoms with Crippen LogP contribution in [0, 0.1) is 11.8 Å². The highest BCUT2D eigenvalue weighted by Crippen LogP contribution is 2.50. The van der Waals surface area contributed by atoms with E-state index in [0.717, 1.165) is 10.9 Å². The third-order valence-electron chi connectivity index (χ3n) is 7.75. The number of imidazole rings is 2. The van der Waals surface area contributed by atoms with Gasteiger partial charge in [0.15, 0.2) is 35.1 Å². The van der Waals surface area contributed by atoms with Crippen LogP contribution in [0.25, 0.3) is 22.3 Å². The SMILES string of the molecule is CC1CC[C@H]2[C@@H](O)[C@H](n3cnc4c(N)ncnc43)O[C@@H]2COP(=O)(O)O[C@@H]([C@@H](O)n2cnc3c(=O)[nH]c(N)nc32)[C@@H]1O. The van der Waals surface area contributed by atoms with Crippen LogP contribution >= 0.6 is 7.82 Å². The van der Waals surface area contributed by atoms with E-state index in [1.54, 1.807) is 6.92 Å². The molecule has 0 radical (unpaired) electrons. The average Bonchev–Trinajstić information content (AvgIpc) is 3.64. The number of aromatic amines is 1. The number of hydrogen-bond acceptors (Lipinski definition) is 15. The Morgan fingerprint density at radius 3 is 2.64 bits per heavy atom. The summed E-state index contributed by atoms with van der Waals surface area (Å²) < 4.78 is 32.2. The minimum absolute atomic E-state index is 0.133. The number of nitrogen functional groups attached to an aromatic ring is 2. The van der Waals surface area contributed by atoms with Crippen molar-refractivity contribution in [2.24, 2.45) is 11.8 Å². The summed E-state index contributed by atoms with van der Waals surface area (Å²) >= 11 is 0. The van der Waals surface area contributed by atoms with Crippen molar-refractivity contribution in [1.82, 2.24) is 39.0 Å². The smallest absolute Gasteiger partial charge is 0.390 e. The van der Waals surface area contributed by atoms with Crippen molar-refractivity contribution < 1.29 is 38.6 Å². The molecular weight excluding hydrogens is 579 g/mol. The second-order valence-corrected chi connectivity index (χ2v) is 11.8. The van der Waals surface area contributed by atoms with Gasteiger partial charge in [0, 0.05) is 5.92 Å². The van der Waals surface area contributed by atoms with E-state index in [-0.39, 0.29) is 29.4 Å². The van der Waals surface area contributed by atoms with Crippen LogP contribution in [0.5, 0.6) is 0 Å². The van der Waals surface area contributed by atoms with Crippen LogP contribution in [0.15, 0.2) is 23.8 Å². The van der Waals surface area contributed by atoms with Gasteiger partial charge in [-0.05, 0) is 18.8 Å². The van der Waals surface area contributed by atoms with Crippen LogP contribution in [0.3, 0.4) is 0 Å². The average molecular weight is 609 g/mol. The zero-order valence-corrected chi connectivity index (χ0v) is 22.9. The first-order valence-electron chi connectivity index (χ1n) is 13.0. The van der Waals surface area contributed by atoms with Gasteiger partial charge in [0.25, 0.3) is 5.56 Å². The minimum Gasteiger partial charge on any atom is -0.390 e. The fraction of sp³-hybridized carbons (Fsp3) is 0.545. The number of phosphoric ester groups is 1. The summed E-state index contributed by atoms with van der Waals surface area (Å²) in [7, 11) is -4.96. The van der Waals surface area contributed by atoms with Gasteiger partial charge in [-0.1, -0.05) is 6.92 Å². The quantitative estimate of drug-likeness (QED) is 0.134. The maximum Gasteiger partial charge on any atom is 0.472 e. The van der Waals surface area contributed by atoms with Crippen molar-refractivity contribution in [3.8, 4) is 0 Å². The molecule has 0 aromatic carbocycles. The third kappa shape index (κ3) is 4.92. The Bertz CT molecular complexity index is 1730. The molecule has 0 amide bonds. The Hall–Kier alpha value is -3.55. The van der Waals surface area contributed by atoms with Crippen LogP contribution in [0.4, 0.5) is 11.8 Å². The van der Waals surface area contributed by atoms with Crippen molar-refractivity contribution in [2.45, 2.75) is 56.6 Å². The number of nitrogens with zero attached hydrogens (tertiary/aromatic N) is 7. The summed E-state index contributed by atoms with van der Waals surface area (Å²) in [4.78, 5) is 45.3. The van der Waals surface area contributed by atoms with Gasteiger partial charge in [-0.25, -0.2) is 24.5 Å². The largest absolute Gasteiger partial charge is 0.472 e. The van der Waals surface area contributed by atoms with E-state index in [9.17, 15) is 29.6 Å². The Labute approximate surface area is 235 Å². The molecule has 6 rings (SSSR count). The third-order valence-corrected chi connectivity index (χ3v) is 8.73. The molecule has 226 valence electrons. The van der Waals surface area contributed by atoms with Crippen molar-refractivity contribution in [3.05, 3.63) is 29.3 Å². The number of phosphoric acid groups is 1. The molecule has 42 heavy (non-hydrogen) atoms. The first-order chi connectivity index (χ1) is 19.9. The molecule has 2 fully saturated rings. The molecule has 0 bridgehead atoms. The van der Waals surface area contributed by atoms with E-state index in [1.165, 1.54) is 17.2 Å². The molecule has 9 N–H and O–H groups in total. The molecule has 0 aliphatic carbocycles. The van der Waals surface area contributed by atoms with Gasteiger partial charge in [-0.3, -0.25) is 28.0 Å². The molecule has 4 aromatic heterocycles. The van der Waals surface area contributed by atoms with E-state index in [2.05, 4.69) is 29.9 Å². The van der Waals surface area contributed by atoms with Crippen LogP contribution in [-0.2, 0) is 18.3 Å². The molecule has 0 spiro atoms. The number of aliphatic hydroxyl groups is 3. The highest BCUT2D eigenvalue weighted by molar-refractivity contribution is 7.47. The van der Waals surface area contributed by atoms with Crippen LogP contribution in [0.2, 0.25) is 0 Å². The van der Waals surface area contributed by atoms with Gasteiger partial charge >= 0.3 is 7.82 Å². The lowest BCUT2D eigenvalue weighted by Crippen LogP contribution is -2.41. The molecular formula is C22H29N10O9P. The number of H-pyrrole nitrogens is 1. The molecule has 2 aliphatic heterocycles. The summed E-state index contributed by atoms with van der Waals surface area (Å²) in [6.45, 7) is 1.18. The van der Waals surface area contributed by atoms with E-state index >= 15 is 0 Å². The Morgan fingerprint density at radius 2 is 1.86 bits per heavy atom. The van der Waals surface area contributed by atoms with E-state index < -0.39 is 68.7 Å². The fourth-order valence-electron chi connectivity index (χ4n) is 5.49. The minimum atomic E-state index is -4.96. The first-order valence-corrected chi connectivity index (χ1v) is 14.5. The first kappa shape index (κ1) is 28.6. The predicted octanol–water partition coefficient (Wildman–Crippen LogP) is -1.22. The molecule has 0 saturated carbocycles. The fourth-order valence-corrected chi connectivity index (χ4v) is 6.43. The number of aromatic nitrogens is 8. The zero-order valence-electron chi connectivity index (χ0n) is 22.0. The maximum atomic E-state index is 13.1. The predicted molar refractivity (Wildman–Crippen MR) is 142 cm³/mol. The van der Waals surface area contributed by atoms with Gasteiger partial charge in [-0.2, -0.15) is 4.98 Å². The van der Waals surface area contributed by atoms with E-state index in [0.29, 0.717) is 17.6 Å². The summed E-state index contributed by atoms with van der Waals surface area (Å²) in [5, 5.41) is 33.7. The number of ether oxygens (including phenoxy) is 1. The van der Waals surface area contributed by atoms with Gasteiger partial charge < -0.3 is 36.4 Å². The lowest BCUT2D eigenvalue weighted by atomic mass is 9.86. The van der Waals surface area contributed by atoms with Gasteiger partial charge in [0.2, 0.25) is 5.95 Å². The van der Waals surface area contributed by atoms with Crippen molar-refractivity contribution in [2.75, 3.05) is 18.1 Å². The Morgan fingerprint density at radius 1 is 1.10 bits per heavy atom. The molecule has 2 saturated heterocycles. The number of aliphatic hydroxyl groups excluding tert-OH is 3. The molecule has 2 unspecified atom stereocenters. The van der Waals surface area contributed by atoms with Crippen LogP contribution < -0.4 is 17.0 Å². The summed E-state index contributed by atoms with van der Waals surface area (Å²) in [5.74, 6) is -1.33. The molecule has 19 nitrogen and oxygen atoms in total. The molecule has 9 atom stereocenters. The zero-order chi connectivity index (χ0) is 29.9. The number of nitrogens with one attached hydrogen (secondary N) is 1. The molecule has 4 aromatic rings. The second-order valence-electron chi connectivity index (χ2n) is 10.4. The van der Waals surface area contributed by atoms with Crippen LogP contribution in [-0.4, -0.2) is 90.3 Å². The Kier molecular flexibility index (Phi) is 7.22. The highest BCUT2D eigenvalue weighted by Gasteiger charge is 2.48. The van der Waals surface area contributed by atoms with E-state index in [1.807, 2.05) is 0 Å². The number of anilines is 2. The highest BCUT2D eigenvalue weighted by atomic mass is 31.2. The lowest BCUT2D eigenvalue weighted by molar-refractivity contribution is -0.105. The molecule has 6 heterocycles. The Balaban J connectivity index is 1.28. The number of nitrogens with two attached hydrogens (primary N) is 2. The molecule has 20 heteroatoms. The second kappa shape index (κ2) is 10.6. The standard InChI is InChI=1S/C22H29N10O9P/c1-8-2-3-9-10(40-21(14(9)34)32-7-27-11-16(23)25-5-26-17(11)32)4-39-42(37,38)41-15(13(8)33)20(36)31-6-28-12-18(31)29-22(24)30-19(12)35/h5-10,13-15,20-21,33-34,36H,2-4H2,1H3,(H,37,38)(H2,23,25,26)(H3,24,29,30,35)/t8?,9-,10-,13-,14-,15-,20-,21-/m1/s1. The summed E-state index contributed by atoms with van der Waals surface area (Å²) in [6, 6.07) is 0. The van der Waals surface area contributed by atoms with Crippen molar-refractivity contribution in [3.63, 3.8) is 0 Å². The summed E-state index contributed by atoms with van der Waals surface area (Å²) in [5.41, 5.74) is 11.2. The van der Waals surface area contributed by atoms with Gasteiger partial charge in [0.05, 0.1) is 31.5 Å². The molecule has 2 aliphatic rings. The maximum absolute atomic E-state index is 13.1. The van der Waals surface area contributed by atoms with Crippen LogP contribution in [0.1, 0.15) is 32.2 Å². The van der Waals surface area contributed by atoms with Crippen molar-refractivity contribution >= 4 is 41.9 Å².